The summed E-state index contributed by atoms with van der Waals surface area (Å²) in [6.45, 7) is 4.21. The van der Waals surface area contributed by atoms with Gasteiger partial charge in [-0.1, -0.05) is 38.3 Å². The first kappa shape index (κ1) is 16.8. The molecule has 0 aliphatic heterocycles. The first-order valence-electron chi connectivity index (χ1n) is 9.64. The third-order valence-electron chi connectivity index (χ3n) is 6.77. The van der Waals surface area contributed by atoms with Crippen molar-refractivity contribution >= 4 is 5.69 Å². The van der Waals surface area contributed by atoms with E-state index in [0.29, 0.717) is 11.6 Å². The SMILES string of the molecule is CCC1CCC(C2CCC(c3ccc(C)c(N)c3F)CC2)CC1. The molecule has 2 heteroatoms. The Morgan fingerprint density at radius 3 is 2.09 bits per heavy atom. The highest BCUT2D eigenvalue weighted by molar-refractivity contribution is 5.51. The van der Waals surface area contributed by atoms with Gasteiger partial charge < -0.3 is 5.73 Å². The minimum Gasteiger partial charge on any atom is -0.396 e. The van der Waals surface area contributed by atoms with Gasteiger partial charge in [0.2, 0.25) is 0 Å². The summed E-state index contributed by atoms with van der Waals surface area (Å²) >= 11 is 0. The van der Waals surface area contributed by atoms with Crippen LogP contribution in [0.15, 0.2) is 12.1 Å². The molecule has 2 aliphatic rings. The Morgan fingerprint density at radius 1 is 0.957 bits per heavy atom. The van der Waals surface area contributed by atoms with Crippen LogP contribution >= 0.6 is 0 Å². The fourth-order valence-electron chi connectivity index (χ4n) is 4.99. The average Bonchev–Trinajstić information content (AvgIpc) is 2.60. The van der Waals surface area contributed by atoms with Crippen LogP contribution in [0.5, 0.6) is 0 Å². The zero-order chi connectivity index (χ0) is 16.4. The van der Waals surface area contributed by atoms with Gasteiger partial charge in [-0.15, -0.1) is 0 Å². The Labute approximate surface area is 140 Å². The highest BCUT2D eigenvalue weighted by atomic mass is 19.1. The van der Waals surface area contributed by atoms with Crippen molar-refractivity contribution in [1.82, 2.24) is 0 Å². The summed E-state index contributed by atoms with van der Waals surface area (Å²) in [5.41, 5.74) is 7.95. The summed E-state index contributed by atoms with van der Waals surface area (Å²) in [4.78, 5) is 0. The van der Waals surface area contributed by atoms with Gasteiger partial charge in [0.1, 0.15) is 5.82 Å². The fourth-order valence-corrected chi connectivity index (χ4v) is 4.99. The van der Waals surface area contributed by atoms with E-state index in [1.807, 2.05) is 19.1 Å². The molecule has 0 atom stereocenters. The topological polar surface area (TPSA) is 26.0 Å². The molecule has 1 aromatic rings. The normalized spacial score (nSPS) is 32.0. The van der Waals surface area contributed by atoms with Crippen LogP contribution in [0.4, 0.5) is 10.1 Å². The average molecular weight is 317 g/mol. The summed E-state index contributed by atoms with van der Waals surface area (Å²) in [6, 6.07) is 3.95. The fraction of sp³-hybridized carbons (Fsp3) is 0.714. The number of aryl methyl sites for hydroxylation is 1. The molecule has 0 unspecified atom stereocenters. The Balaban J connectivity index is 1.58. The third kappa shape index (κ3) is 3.56. The number of anilines is 1. The first-order valence-corrected chi connectivity index (χ1v) is 9.64. The van der Waals surface area contributed by atoms with Crippen molar-refractivity contribution in [3.63, 3.8) is 0 Å². The van der Waals surface area contributed by atoms with Crippen LogP contribution in [0.1, 0.15) is 81.8 Å². The van der Waals surface area contributed by atoms with Crippen molar-refractivity contribution < 1.29 is 4.39 Å². The lowest BCUT2D eigenvalue weighted by atomic mass is 9.68. The molecule has 0 saturated heterocycles. The Bertz CT molecular complexity index is 523. The second kappa shape index (κ2) is 7.23. The van der Waals surface area contributed by atoms with Crippen molar-refractivity contribution in [2.24, 2.45) is 17.8 Å². The van der Waals surface area contributed by atoms with E-state index in [1.165, 1.54) is 44.9 Å². The lowest BCUT2D eigenvalue weighted by molar-refractivity contribution is 0.158. The van der Waals surface area contributed by atoms with E-state index < -0.39 is 0 Å². The van der Waals surface area contributed by atoms with E-state index in [9.17, 15) is 4.39 Å². The maximum atomic E-state index is 14.5. The van der Waals surface area contributed by atoms with Crippen LogP contribution in [-0.4, -0.2) is 0 Å². The number of hydrogen-bond donors (Lipinski definition) is 1. The summed E-state index contributed by atoms with van der Waals surface area (Å²) < 4.78 is 14.5. The molecule has 1 nitrogen and oxygen atoms in total. The Morgan fingerprint density at radius 2 is 1.52 bits per heavy atom. The quantitative estimate of drug-likeness (QED) is 0.659. The standard InChI is InChI=1S/C21H32FN/c1-3-15-5-7-16(8-6-15)17-9-11-18(12-10-17)19-13-4-14(2)21(23)20(19)22/h4,13,15-18H,3,5-12,23H2,1-2H3. The van der Waals surface area contributed by atoms with E-state index in [4.69, 9.17) is 5.73 Å². The van der Waals surface area contributed by atoms with Crippen LogP contribution in [0.2, 0.25) is 0 Å². The minimum absolute atomic E-state index is 0.156. The zero-order valence-electron chi connectivity index (χ0n) is 14.8. The van der Waals surface area contributed by atoms with Crippen molar-refractivity contribution in [3.05, 3.63) is 29.1 Å². The molecule has 0 radical (unpaired) electrons. The van der Waals surface area contributed by atoms with E-state index in [0.717, 1.165) is 41.7 Å². The predicted molar refractivity (Wildman–Crippen MR) is 96.0 cm³/mol. The van der Waals surface area contributed by atoms with E-state index >= 15 is 0 Å². The number of halogens is 1. The predicted octanol–water partition coefficient (Wildman–Crippen LogP) is 6.21. The van der Waals surface area contributed by atoms with Gasteiger partial charge in [-0.25, -0.2) is 4.39 Å². The van der Waals surface area contributed by atoms with Crippen LogP contribution in [0, 0.1) is 30.5 Å². The van der Waals surface area contributed by atoms with Crippen LogP contribution in [0.3, 0.4) is 0 Å². The van der Waals surface area contributed by atoms with Gasteiger partial charge in [-0.05, 0) is 80.2 Å². The van der Waals surface area contributed by atoms with E-state index in [-0.39, 0.29) is 5.82 Å². The molecule has 3 rings (SSSR count). The highest BCUT2D eigenvalue weighted by Crippen LogP contribution is 2.45. The second-order valence-corrected chi connectivity index (χ2v) is 8.00. The molecule has 2 aliphatic carbocycles. The second-order valence-electron chi connectivity index (χ2n) is 8.00. The van der Waals surface area contributed by atoms with Crippen molar-refractivity contribution in [1.29, 1.82) is 0 Å². The molecule has 2 saturated carbocycles. The first-order chi connectivity index (χ1) is 11.1. The summed E-state index contributed by atoms with van der Waals surface area (Å²) in [6.07, 6.45) is 11.9. The van der Waals surface area contributed by atoms with Gasteiger partial charge in [0, 0.05) is 0 Å². The molecule has 128 valence electrons. The Kier molecular flexibility index (Phi) is 5.28. The number of hydrogen-bond acceptors (Lipinski definition) is 1. The number of nitrogen functional groups attached to an aromatic ring is 1. The van der Waals surface area contributed by atoms with Crippen LogP contribution < -0.4 is 5.73 Å². The van der Waals surface area contributed by atoms with Gasteiger partial charge >= 0.3 is 0 Å². The maximum Gasteiger partial charge on any atom is 0.149 e. The van der Waals surface area contributed by atoms with Crippen LogP contribution in [-0.2, 0) is 0 Å². The van der Waals surface area contributed by atoms with Gasteiger partial charge in [-0.3, -0.25) is 0 Å². The molecule has 23 heavy (non-hydrogen) atoms. The summed E-state index contributed by atoms with van der Waals surface area (Å²) in [7, 11) is 0. The van der Waals surface area contributed by atoms with Gasteiger partial charge in [-0.2, -0.15) is 0 Å². The molecule has 2 fully saturated rings. The highest BCUT2D eigenvalue weighted by Gasteiger charge is 2.31. The van der Waals surface area contributed by atoms with Crippen molar-refractivity contribution in [3.8, 4) is 0 Å². The molecule has 0 heterocycles. The number of nitrogens with two attached hydrogens (primary N) is 1. The summed E-state index contributed by atoms with van der Waals surface area (Å²) in [5, 5.41) is 0. The molecule has 1 aromatic carbocycles. The van der Waals surface area contributed by atoms with Gasteiger partial charge in [0.05, 0.1) is 5.69 Å². The van der Waals surface area contributed by atoms with Gasteiger partial charge in [0.15, 0.2) is 0 Å². The molecule has 2 N–H and O–H groups in total. The minimum atomic E-state index is -0.156. The molecule has 0 aromatic heterocycles. The molecule has 0 spiro atoms. The lowest BCUT2D eigenvalue weighted by Gasteiger charge is -2.38. The Hall–Kier alpha value is -1.05. The molecular weight excluding hydrogens is 285 g/mol. The molecule has 0 amide bonds. The third-order valence-corrected chi connectivity index (χ3v) is 6.77. The monoisotopic (exact) mass is 317 g/mol. The summed E-state index contributed by atoms with van der Waals surface area (Å²) in [5.74, 6) is 3.02. The van der Waals surface area contributed by atoms with Crippen molar-refractivity contribution in [2.45, 2.75) is 77.6 Å². The maximum absolute atomic E-state index is 14.5. The number of rotatable bonds is 3. The van der Waals surface area contributed by atoms with Crippen molar-refractivity contribution in [2.75, 3.05) is 5.73 Å². The zero-order valence-corrected chi connectivity index (χ0v) is 14.8. The lowest BCUT2D eigenvalue weighted by Crippen LogP contribution is -2.25. The largest absolute Gasteiger partial charge is 0.396 e. The van der Waals surface area contributed by atoms with E-state index in [2.05, 4.69) is 6.92 Å². The molecular formula is C21H32FN. The van der Waals surface area contributed by atoms with Crippen LogP contribution in [0.25, 0.3) is 0 Å². The molecule has 0 bridgehead atoms. The smallest absolute Gasteiger partial charge is 0.149 e. The van der Waals surface area contributed by atoms with E-state index in [1.54, 1.807) is 0 Å². The number of benzene rings is 1. The van der Waals surface area contributed by atoms with Gasteiger partial charge in [0.25, 0.3) is 0 Å².